The van der Waals surface area contributed by atoms with E-state index in [9.17, 15) is 0 Å². The van der Waals surface area contributed by atoms with Crippen molar-refractivity contribution in [2.75, 3.05) is 0 Å². The maximum absolute atomic E-state index is 4.38. The maximum Gasteiger partial charge on any atom is 0.0716 e. The Morgan fingerprint density at radius 3 is 3.08 bits per heavy atom. The van der Waals surface area contributed by atoms with Crippen molar-refractivity contribution < 1.29 is 0 Å². The van der Waals surface area contributed by atoms with Crippen LogP contribution >= 0.6 is 0 Å². The second-order valence-corrected chi connectivity index (χ2v) is 2.82. The van der Waals surface area contributed by atoms with Gasteiger partial charge in [0.05, 0.1) is 11.2 Å². The Hall–Kier alpha value is -1.38. The van der Waals surface area contributed by atoms with Crippen LogP contribution in [0.2, 0.25) is 0 Å². The summed E-state index contributed by atoms with van der Waals surface area (Å²) in [6.45, 7) is 2.11. The molecule has 0 aromatic carbocycles. The quantitative estimate of drug-likeness (QED) is 0.635. The van der Waals surface area contributed by atoms with Gasteiger partial charge in [-0.25, -0.2) is 0 Å². The number of nitrogens with zero attached hydrogens (tertiary/aromatic N) is 3. The van der Waals surface area contributed by atoms with Gasteiger partial charge < -0.3 is 0 Å². The summed E-state index contributed by atoms with van der Waals surface area (Å²) in [5.41, 5.74) is 2.28. The van der Waals surface area contributed by atoms with Crippen molar-refractivity contribution in [2.45, 2.75) is 13.3 Å². The fraction of sp³-hybridized carbons (Fsp3) is 0.333. The largest absolute Gasteiger partial charge is 0.268 e. The van der Waals surface area contributed by atoms with E-state index < -0.39 is 0 Å². The van der Waals surface area contributed by atoms with Crippen LogP contribution < -0.4 is 0 Å². The molecule has 0 bridgehead atoms. The van der Waals surface area contributed by atoms with Gasteiger partial charge >= 0.3 is 0 Å². The number of hydrogen-bond acceptors (Lipinski definition) is 2. The van der Waals surface area contributed by atoms with Gasteiger partial charge in [0.15, 0.2) is 0 Å². The van der Waals surface area contributed by atoms with Crippen LogP contribution in [0.15, 0.2) is 18.5 Å². The first-order chi connectivity index (χ1) is 5.83. The van der Waals surface area contributed by atoms with Gasteiger partial charge in [-0.1, -0.05) is 6.92 Å². The summed E-state index contributed by atoms with van der Waals surface area (Å²) in [4.78, 5) is 4.08. The lowest BCUT2D eigenvalue weighted by Gasteiger charge is -1.89. The summed E-state index contributed by atoms with van der Waals surface area (Å²) in [5, 5.41) is 5.55. The third-order valence-corrected chi connectivity index (χ3v) is 2.06. The summed E-state index contributed by atoms with van der Waals surface area (Å²) in [6.07, 6.45) is 4.63. The van der Waals surface area contributed by atoms with Gasteiger partial charge in [-0.3, -0.25) is 9.67 Å². The molecule has 2 aromatic rings. The molecule has 2 rings (SSSR count). The minimum atomic E-state index is 0.961. The van der Waals surface area contributed by atoms with Gasteiger partial charge in [0.2, 0.25) is 0 Å². The lowest BCUT2D eigenvalue weighted by Crippen LogP contribution is -1.90. The van der Waals surface area contributed by atoms with E-state index >= 15 is 0 Å². The molecule has 3 heteroatoms. The molecule has 0 saturated carbocycles. The van der Waals surface area contributed by atoms with Crippen LogP contribution in [0.5, 0.6) is 0 Å². The molecule has 0 radical (unpaired) electrons. The molecule has 2 heterocycles. The van der Waals surface area contributed by atoms with E-state index in [0.717, 1.165) is 17.6 Å². The summed E-state index contributed by atoms with van der Waals surface area (Å²) >= 11 is 0. The minimum Gasteiger partial charge on any atom is -0.268 e. The third-order valence-electron chi connectivity index (χ3n) is 2.06. The van der Waals surface area contributed by atoms with Crippen LogP contribution in [0.1, 0.15) is 12.6 Å². The Bertz CT molecular complexity index is 403. The highest BCUT2D eigenvalue weighted by Gasteiger charge is 2.04. The van der Waals surface area contributed by atoms with Crippen LogP contribution in [0.3, 0.4) is 0 Å². The smallest absolute Gasteiger partial charge is 0.0716 e. The molecular formula is C9H11N3. The molecular weight excluding hydrogens is 150 g/mol. The molecule has 62 valence electrons. The zero-order valence-corrected chi connectivity index (χ0v) is 7.28. The predicted molar refractivity (Wildman–Crippen MR) is 47.9 cm³/mol. The number of pyridine rings is 1. The van der Waals surface area contributed by atoms with E-state index in [-0.39, 0.29) is 0 Å². The normalized spacial score (nSPS) is 10.8. The van der Waals surface area contributed by atoms with Crippen molar-refractivity contribution in [3.63, 3.8) is 0 Å². The minimum absolute atomic E-state index is 0.961. The lowest BCUT2D eigenvalue weighted by atomic mass is 10.2. The van der Waals surface area contributed by atoms with Gasteiger partial charge in [0, 0.05) is 24.8 Å². The number of hydrogen-bond donors (Lipinski definition) is 0. The molecule has 0 atom stereocenters. The second kappa shape index (κ2) is 2.59. The molecule has 0 saturated heterocycles. The summed E-state index contributed by atoms with van der Waals surface area (Å²) in [5.74, 6) is 0. The molecule has 0 aliphatic heterocycles. The van der Waals surface area contributed by atoms with Crippen molar-refractivity contribution in [3.05, 3.63) is 24.2 Å². The molecule has 12 heavy (non-hydrogen) atoms. The van der Waals surface area contributed by atoms with Gasteiger partial charge in [0.1, 0.15) is 0 Å². The Morgan fingerprint density at radius 2 is 2.33 bits per heavy atom. The Balaban J connectivity index is 2.82. The summed E-state index contributed by atoms with van der Waals surface area (Å²) < 4.78 is 1.90. The Kier molecular flexibility index (Phi) is 1.57. The van der Waals surface area contributed by atoms with Crippen LogP contribution in [-0.4, -0.2) is 14.8 Å². The molecule has 0 unspecified atom stereocenters. The highest BCUT2D eigenvalue weighted by atomic mass is 15.3. The number of rotatable bonds is 1. The SMILES string of the molecule is CCc1nn(C)c2ccncc12. The van der Waals surface area contributed by atoms with Crippen molar-refractivity contribution in [2.24, 2.45) is 7.05 Å². The van der Waals surface area contributed by atoms with Gasteiger partial charge in [-0.05, 0) is 12.5 Å². The van der Waals surface area contributed by atoms with E-state index in [1.807, 2.05) is 24.0 Å². The third kappa shape index (κ3) is 0.897. The second-order valence-electron chi connectivity index (χ2n) is 2.82. The Labute approximate surface area is 71.0 Å². The Morgan fingerprint density at radius 1 is 1.50 bits per heavy atom. The molecule has 0 fully saturated rings. The molecule has 0 spiro atoms. The standard InChI is InChI=1S/C9H11N3/c1-3-8-7-6-10-5-4-9(7)12(2)11-8/h4-6H,3H2,1-2H3. The maximum atomic E-state index is 4.38. The first kappa shape index (κ1) is 7.28. The summed E-state index contributed by atoms with van der Waals surface area (Å²) in [6, 6.07) is 1.99. The van der Waals surface area contributed by atoms with E-state index in [2.05, 4.69) is 17.0 Å². The number of aromatic nitrogens is 3. The van der Waals surface area contributed by atoms with E-state index in [0.29, 0.717) is 0 Å². The highest BCUT2D eigenvalue weighted by molar-refractivity contribution is 5.80. The van der Waals surface area contributed by atoms with E-state index in [1.165, 1.54) is 5.39 Å². The first-order valence-corrected chi connectivity index (χ1v) is 4.08. The van der Waals surface area contributed by atoms with Crippen LogP contribution in [0.4, 0.5) is 0 Å². The lowest BCUT2D eigenvalue weighted by molar-refractivity contribution is 0.770. The average Bonchev–Trinajstić information content (AvgIpc) is 2.44. The van der Waals surface area contributed by atoms with Crippen molar-refractivity contribution in [1.82, 2.24) is 14.8 Å². The molecule has 2 aromatic heterocycles. The highest BCUT2D eigenvalue weighted by Crippen LogP contribution is 2.15. The fourth-order valence-corrected chi connectivity index (χ4v) is 1.44. The van der Waals surface area contributed by atoms with Gasteiger partial charge in [0.25, 0.3) is 0 Å². The van der Waals surface area contributed by atoms with Gasteiger partial charge in [-0.15, -0.1) is 0 Å². The zero-order chi connectivity index (χ0) is 8.55. The molecule has 0 aliphatic rings. The van der Waals surface area contributed by atoms with Crippen molar-refractivity contribution in [3.8, 4) is 0 Å². The predicted octanol–water partition coefficient (Wildman–Crippen LogP) is 1.53. The zero-order valence-electron chi connectivity index (χ0n) is 7.28. The number of fused-ring (bicyclic) bond motifs is 1. The van der Waals surface area contributed by atoms with E-state index in [1.54, 1.807) is 6.20 Å². The fourth-order valence-electron chi connectivity index (χ4n) is 1.44. The topological polar surface area (TPSA) is 30.7 Å². The van der Waals surface area contributed by atoms with Crippen LogP contribution in [-0.2, 0) is 13.5 Å². The van der Waals surface area contributed by atoms with Crippen LogP contribution in [0, 0.1) is 0 Å². The average molecular weight is 161 g/mol. The van der Waals surface area contributed by atoms with Crippen LogP contribution in [0.25, 0.3) is 10.9 Å². The molecule has 3 nitrogen and oxygen atoms in total. The number of aryl methyl sites for hydroxylation is 2. The monoisotopic (exact) mass is 161 g/mol. The van der Waals surface area contributed by atoms with Gasteiger partial charge in [-0.2, -0.15) is 5.10 Å². The van der Waals surface area contributed by atoms with Crippen molar-refractivity contribution in [1.29, 1.82) is 0 Å². The van der Waals surface area contributed by atoms with Crippen molar-refractivity contribution >= 4 is 10.9 Å². The summed E-state index contributed by atoms with van der Waals surface area (Å²) in [7, 11) is 1.96. The molecule has 0 N–H and O–H groups in total. The first-order valence-electron chi connectivity index (χ1n) is 4.08. The molecule has 0 amide bonds. The molecule has 0 aliphatic carbocycles. The van der Waals surface area contributed by atoms with E-state index in [4.69, 9.17) is 0 Å².